The molecule has 1 aromatic heterocycles. The maximum atomic E-state index is 5.58. The smallest absolute Gasteiger partial charge is 0.0979 e. The van der Waals surface area contributed by atoms with Crippen LogP contribution < -0.4 is 4.90 Å². The molecule has 0 atom stereocenters. The number of rotatable bonds is 7. The van der Waals surface area contributed by atoms with E-state index in [0.29, 0.717) is 0 Å². The minimum atomic E-state index is 0.846. The van der Waals surface area contributed by atoms with Crippen molar-refractivity contribution in [1.29, 1.82) is 0 Å². The highest BCUT2D eigenvalue weighted by molar-refractivity contribution is 6.08. The summed E-state index contributed by atoms with van der Waals surface area (Å²) in [6.45, 7) is 0. The Morgan fingerprint density at radius 3 is 1.37 bits per heavy atom. The first-order valence-electron chi connectivity index (χ1n) is 17.3. The number of nitrogens with zero attached hydrogens (tertiary/aromatic N) is 3. The average Bonchev–Trinajstić information content (AvgIpc) is 3.21. The van der Waals surface area contributed by atoms with E-state index in [1.165, 1.54) is 10.8 Å². The summed E-state index contributed by atoms with van der Waals surface area (Å²) in [5.41, 5.74) is 13.1. The number of aromatic nitrogens is 2. The lowest BCUT2D eigenvalue weighted by Crippen LogP contribution is -2.09. The number of hydrogen-bond donors (Lipinski definition) is 0. The van der Waals surface area contributed by atoms with Crippen molar-refractivity contribution in [3.63, 3.8) is 0 Å². The number of benzene rings is 8. The molecule has 0 unspecified atom stereocenters. The molecular formula is C48H33N3. The van der Waals surface area contributed by atoms with Crippen molar-refractivity contribution in [1.82, 2.24) is 9.97 Å². The van der Waals surface area contributed by atoms with Gasteiger partial charge >= 0.3 is 0 Å². The largest absolute Gasteiger partial charge is 0.311 e. The first-order valence-corrected chi connectivity index (χ1v) is 17.3. The van der Waals surface area contributed by atoms with Crippen LogP contribution in [0.5, 0.6) is 0 Å². The van der Waals surface area contributed by atoms with Crippen molar-refractivity contribution >= 4 is 38.9 Å². The molecule has 0 radical (unpaired) electrons. The second-order valence-corrected chi connectivity index (χ2v) is 12.6. The summed E-state index contributed by atoms with van der Waals surface area (Å²) in [5, 5.41) is 2.39. The second-order valence-electron chi connectivity index (χ2n) is 12.6. The van der Waals surface area contributed by atoms with Crippen LogP contribution in [0.1, 0.15) is 0 Å². The maximum absolute atomic E-state index is 5.58. The van der Waals surface area contributed by atoms with Gasteiger partial charge in [-0.05, 0) is 58.3 Å². The standard InChI is InChI=1S/C48H33N3/c1-5-16-35(17-6-1)42-32-33-44(43-27-15-21-34-18-13-14-26-41(34)43)48-47(42)49-46(45(50-48)36-19-7-2-8-20-36)37-28-30-40(31-29-37)51(38-22-9-3-10-23-38)39-24-11-4-12-25-39/h1-33H. The molecule has 0 aliphatic heterocycles. The van der Waals surface area contributed by atoms with Crippen LogP contribution in [0.2, 0.25) is 0 Å². The summed E-state index contributed by atoms with van der Waals surface area (Å²) in [5.74, 6) is 0. The van der Waals surface area contributed by atoms with Crippen LogP contribution in [0.3, 0.4) is 0 Å². The zero-order valence-corrected chi connectivity index (χ0v) is 27.9. The van der Waals surface area contributed by atoms with Gasteiger partial charge in [0.25, 0.3) is 0 Å². The zero-order chi connectivity index (χ0) is 34.0. The van der Waals surface area contributed by atoms with Crippen molar-refractivity contribution in [2.75, 3.05) is 4.90 Å². The summed E-state index contributed by atoms with van der Waals surface area (Å²) >= 11 is 0. The zero-order valence-electron chi connectivity index (χ0n) is 27.9. The fourth-order valence-electron chi connectivity index (χ4n) is 7.03. The van der Waals surface area contributed by atoms with Gasteiger partial charge in [-0.1, -0.05) is 164 Å². The maximum Gasteiger partial charge on any atom is 0.0979 e. The predicted octanol–water partition coefficient (Wildman–Crippen LogP) is 12.9. The summed E-state index contributed by atoms with van der Waals surface area (Å²) in [6.07, 6.45) is 0. The van der Waals surface area contributed by atoms with Gasteiger partial charge in [0.2, 0.25) is 0 Å². The minimum Gasteiger partial charge on any atom is -0.311 e. The molecule has 0 bridgehead atoms. The summed E-state index contributed by atoms with van der Waals surface area (Å²) in [7, 11) is 0. The fourth-order valence-corrected chi connectivity index (χ4v) is 7.03. The molecule has 51 heavy (non-hydrogen) atoms. The molecule has 1 heterocycles. The Kier molecular flexibility index (Phi) is 7.84. The first-order chi connectivity index (χ1) is 25.3. The van der Waals surface area contributed by atoms with E-state index in [4.69, 9.17) is 9.97 Å². The van der Waals surface area contributed by atoms with E-state index in [2.05, 4.69) is 199 Å². The van der Waals surface area contributed by atoms with Gasteiger partial charge in [-0.15, -0.1) is 0 Å². The Morgan fingerprint density at radius 1 is 0.294 bits per heavy atom. The van der Waals surface area contributed by atoms with Crippen LogP contribution in [-0.2, 0) is 0 Å². The summed E-state index contributed by atoms with van der Waals surface area (Å²) < 4.78 is 0. The third-order valence-corrected chi connectivity index (χ3v) is 9.46. The van der Waals surface area contributed by atoms with Gasteiger partial charge in [0.1, 0.15) is 0 Å². The molecule has 9 rings (SSSR count). The number of fused-ring (bicyclic) bond motifs is 2. The van der Waals surface area contributed by atoms with Gasteiger partial charge in [0.15, 0.2) is 0 Å². The van der Waals surface area contributed by atoms with Crippen molar-refractivity contribution in [2.24, 2.45) is 0 Å². The molecule has 0 saturated heterocycles. The molecule has 9 aromatic rings. The Bertz CT molecular complexity index is 2560. The van der Waals surface area contributed by atoms with Crippen molar-refractivity contribution in [3.8, 4) is 44.8 Å². The first kappa shape index (κ1) is 30.2. The molecular weight excluding hydrogens is 619 g/mol. The van der Waals surface area contributed by atoms with Crippen molar-refractivity contribution < 1.29 is 0 Å². The summed E-state index contributed by atoms with van der Waals surface area (Å²) in [4.78, 5) is 13.4. The fraction of sp³-hybridized carbons (Fsp3) is 0. The number of hydrogen-bond acceptors (Lipinski definition) is 3. The van der Waals surface area contributed by atoms with Gasteiger partial charge in [0.05, 0.1) is 22.4 Å². The van der Waals surface area contributed by atoms with E-state index in [9.17, 15) is 0 Å². The molecule has 0 N–H and O–H groups in total. The van der Waals surface area contributed by atoms with Gasteiger partial charge in [-0.25, -0.2) is 9.97 Å². The van der Waals surface area contributed by atoms with Crippen LogP contribution in [0.15, 0.2) is 200 Å². The van der Waals surface area contributed by atoms with E-state index >= 15 is 0 Å². The van der Waals surface area contributed by atoms with E-state index in [1.807, 2.05) is 6.07 Å². The third kappa shape index (κ3) is 5.71. The van der Waals surface area contributed by atoms with Gasteiger partial charge in [-0.3, -0.25) is 0 Å². The summed E-state index contributed by atoms with van der Waals surface area (Å²) in [6, 6.07) is 70.1. The van der Waals surface area contributed by atoms with Gasteiger partial charge < -0.3 is 4.90 Å². The average molecular weight is 652 g/mol. The second kappa shape index (κ2) is 13.2. The minimum absolute atomic E-state index is 0.846. The molecule has 0 fully saturated rings. The van der Waals surface area contributed by atoms with E-state index in [-0.39, 0.29) is 0 Å². The molecule has 240 valence electrons. The molecule has 0 amide bonds. The van der Waals surface area contributed by atoms with Gasteiger partial charge in [-0.2, -0.15) is 0 Å². The van der Waals surface area contributed by atoms with Crippen LogP contribution in [0, 0.1) is 0 Å². The van der Waals surface area contributed by atoms with E-state index in [1.54, 1.807) is 0 Å². The SMILES string of the molecule is c1ccc(-c2nc3c(-c4cccc5ccccc45)ccc(-c4ccccc4)c3nc2-c2ccc(N(c3ccccc3)c3ccccc3)cc2)cc1. The Balaban J connectivity index is 1.28. The monoisotopic (exact) mass is 651 g/mol. The number of anilines is 3. The van der Waals surface area contributed by atoms with E-state index in [0.717, 1.165) is 72.9 Å². The quantitative estimate of drug-likeness (QED) is 0.172. The molecule has 3 nitrogen and oxygen atoms in total. The van der Waals surface area contributed by atoms with Crippen molar-refractivity contribution in [3.05, 3.63) is 200 Å². The van der Waals surface area contributed by atoms with Crippen LogP contribution >= 0.6 is 0 Å². The van der Waals surface area contributed by atoms with Crippen LogP contribution in [0.25, 0.3) is 66.6 Å². The van der Waals surface area contributed by atoms with Gasteiger partial charge in [0, 0.05) is 39.3 Å². The lowest BCUT2D eigenvalue weighted by Gasteiger charge is -2.25. The van der Waals surface area contributed by atoms with Crippen LogP contribution in [-0.4, -0.2) is 9.97 Å². The lowest BCUT2D eigenvalue weighted by molar-refractivity contribution is 1.27. The normalized spacial score (nSPS) is 11.1. The van der Waals surface area contributed by atoms with Crippen molar-refractivity contribution in [2.45, 2.75) is 0 Å². The molecule has 0 spiro atoms. The Labute approximate surface area is 297 Å². The molecule has 0 aliphatic carbocycles. The Hall–Kier alpha value is -6.84. The van der Waals surface area contributed by atoms with E-state index < -0.39 is 0 Å². The van der Waals surface area contributed by atoms with Crippen LogP contribution in [0.4, 0.5) is 17.1 Å². The topological polar surface area (TPSA) is 29.0 Å². The number of para-hydroxylation sites is 2. The highest BCUT2D eigenvalue weighted by atomic mass is 15.1. The predicted molar refractivity (Wildman–Crippen MR) is 213 cm³/mol. The molecule has 0 aliphatic rings. The third-order valence-electron chi connectivity index (χ3n) is 9.46. The molecule has 3 heteroatoms. The Morgan fingerprint density at radius 2 is 0.745 bits per heavy atom. The lowest BCUT2D eigenvalue weighted by atomic mass is 9.93. The highest BCUT2D eigenvalue weighted by Crippen LogP contribution is 2.41. The highest BCUT2D eigenvalue weighted by Gasteiger charge is 2.20. The molecule has 8 aromatic carbocycles. The molecule has 0 saturated carbocycles.